The van der Waals surface area contributed by atoms with Crippen LogP contribution in [0.4, 0.5) is 37.4 Å². The van der Waals surface area contributed by atoms with Crippen molar-refractivity contribution in [2.75, 3.05) is 43.4 Å². The fourth-order valence-corrected chi connectivity index (χ4v) is 8.92. The molecule has 0 spiro atoms. The first-order valence-electron chi connectivity index (χ1n) is 18.6. The number of anilines is 1. The summed E-state index contributed by atoms with van der Waals surface area (Å²) < 4.78 is 87.3. The molecule has 3 aromatic carbocycles. The van der Waals surface area contributed by atoms with Gasteiger partial charge in [-0.15, -0.1) is 11.8 Å². The first-order chi connectivity index (χ1) is 27.0. The molecule has 1 fully saturated rings. The third-order valence-electron chi connectivity index (χ3n) is 10.3. The molecule has 1 aromatic heterocycles. The van der Waals surface area contributed by atoms with Crippen LogP contribution in [-0.4, -0.2) is 81.7 Å². The number of ether oxygens (including phenoxy) is 2. The topological polar surface area (TPSA) is 97.2 Å². The molecule has 3 aliphatic heterocycles. The summed E-state index contributed by atoms with van der Waals surface area (Å²) in [4.78, 5) is 49.3. The third kappa shape index (κ3) is 8.46. The summed E-state index contributed by atoms with van der Waals surface area (Å²) in [7, 11) is 0. The second kappa shape index (κ2) is 15.7. The molecule has 2 atom stereocenters. The maximum Gasteiger partial charge on any atom is 0.417 e. The van der Waals surface area contributed by atoms with Crippen molar-refractivity contribution in [2.45, 2.75) is 75.9 Å². The minimum absolute atomic E-state index is 0.0169. The van der Waals surface area contributed by atoms with Gasteiger partial charge in [0.2, 0.25) is 0 Å². The van der Waals surface area contributed by atoms with Gasteiger partial charge in [0.1, 0.15) is 29.7 Å². The number of aromatic nitrogens is 2. The lowest BCUT2D eigenvalue weighted by molar-refractivity contribution is -0.137. The minimum Gasteiger partial charge on any atom is -0.445 e. The highest BCUT2D eigenvalue weighted by Gasteiger charge is 2.41. The molecular weight excluding hydrogens is 770 g/mol. The second-order valence-electron chi connectivity index (χ2n) is 15.5. The number of carbonyl (C=O) groups excluding carboxylic acids is 2. The molecule has 3 aliphatic rings. The molecule has 1 unspecified atom stereocenters. The molecule has 16 heteroatoms. The maximum absolute atomic E-state index is 15.5. The predicted octanol–water partition coefficient (Wildman–Crippen LogP) is 8.81. The fraction of sp³-hybridized carbons (Fsp3) is 0.415. The summed E-state index contributed by atoms with van der Waals surface area (Å²) in [5.74, 6) is -1.94. The largest absolute Gasteiger partial charge is 0.445 e. The predicted molar refractivity (Wildman–Crippen MR) is 206 cm³/mol. The van der Waals surface area contributed by atoms with Crippen molar-refractivity contribution >= 4 is 40.7 Å². The number of piperazine rings is 1. The molecule has 57 heavy (non-hydrogen) atoms. The number of benzene rings is 3. The van der Waals surface area contributed by atoms with Crippen molar-refractivity contribution < 1.29 is 41.0 Å². The first-order valence-corrected chi connectivity index (χ1v) is 19.6. The van der Waals surface area contributed by atoms with E-state index in [1.807, 2.05) is 36.4 Å². The molecule has 0 radical (unpaired) electrons. The number of hydrogen-bond donors (Lipinski definition) is 0. The van der Waals surface area contributed by atoms with E-state index in [-0.39, 0.29) is 60.2 Å². The third-order valence-corrected chi connectivity index (χ3v) is 11.5. The van der Waals surface area contributed by atoms with E-state index in [0.29, 0.717) is 25.5 Å². The fourth-order valence-electron chi connectivity index (χ4n) is 7.58. The van der Waals surface area contributed by atoms with Crippen LogP contribution in [0.2, 0.25) is 0 Å². The summed E-state index contributed by atoms with van der Waals surface area (Å²) in [5.41, 5.74) is -1.54. The van der Waals surface area contributed by atoms with Crippen molar-refractivity contribution in [3.05, 3.63) is 99.5 Å². The summed E-state index contributed by atoms with van der Waals surface area (Å²) >= 11 is 1.08. The van der Waals surface area contributed by atoms with Gasteiger partial charge >= 0.3 is 24.1 Å². The molecule has 1 saturated heterocycles. The Labute approximate surface area is 330 Å². The van der Waals surface area contributed by atoms with Gasteiger partial charge in [-0.05, 0) is 64.3 Å². The lowest BCUT2D eigenvalue weighted by Gasteiger charge is -2.41. The van der Waals surface area contributed by atoms with E-state index in [1.165, 1.54) is 9.47 Å². The molecule has 0 bridgehead atoms. The number of carbonyl (C=O) groups is 2. The van der Waals surface area contributed by atoms with Crippen LogP contribution in [0, 0.1) is 11.6 Å². The normalized spacial score (nSPS) is 18.8. The standard InChI is InChI=1S/C41H42F5N5O5S/c1-24-21-49(39(54)56-40(2,3)4)16-17-50(24)36-30-20-31(41(44,45)46)33(29-11-10-27(42)19-32(29)43)35-34(30)51(37(52)47-36)28(23-57-35)18-25-12-14-48(15-13-25)38(53)55-22-26-8-6-5-7-9-26/h5-12,19-20,24,28H,13-18,21-23H2,1-4H3/t24?,28-/m0/s1. The highest BCUT2D eigenvalue weighted by molar-refractivity contribution is 7.99. The number of halogens is 5. The van der Waals surface area contributed by atoms with E-state index in [9.17, 15) is 18.8 Å². The Morgan fingerprint density at radius 1 is 0.965 bits per heavy atom. The van der Waals surface area contributed by atoms with E-state index in [0.717, 1.165) is 41.1 Å². The Morgan fingerprint density at radius 2 is 1.72 bits per heavy atom. The SMILES string of the molecule is CC1CN(C(=O)OC(C)(C)C)CCN1c1nc(=O)n2c3c(c(-c4ccc(F)cc4F)c(C(F)(F)F)cc13)SC[C@@H]2CC1=CCN(C(=O)OCc2ccccc2)CC1. The molecule has 2 amide bonds. The zero-order valence-electron chi connectivity index (χ0n) is 31.9. The number of hydrogen-bond acceptors (Lipinski definition) is 8. The van der Waals surface area contributed by atoms with Gasteiger partial charge in [-0.1, -0.05) is 42.0 Å². The van der Waals surface area contributed by atoms with Crippen LogP contribution in [-0.2, 0) is 22.3 Å². The van der Waals surface area contributed by atoms with E-state index < -0.39 is 70.1 Å². The lowest BCUT2D eigenvalue weighted by Crippen LogP contribution is -2.55. The Bertz CT molecular complexity index is 2290. The zero-order chi connectivity index (χ0) is 40.8. The van der Waals surface area contributed by atoms with Gasteiger partial charge in [-0.2, -0.15) is 18.2 Å². The highest BCUT2D eigenvalue weighted by Crippen LogP contribution is 2.51. The van der Waals surface area contributed by atoms with Gasteiger partial charge < -0.3 is 24.2 Å². The molecule has 302 valence electrons. The van der Waals surface area contributed by atoms with E-state index in [2.05, 4.69) is 4.98 Å². The molecule has 4 heterocycles. The van der Waals surface area contributed by atoms with Crippen LogP contribution in [0.25, 0.3) is 22.0 Å². The number of amides is 2. The number of alkyl halides is 3. The molecule has 0 aliphatic carbocycles. The zero-order valence-corrected chi connectivity index (χ0v) is 32.7. The summed E-state index contributed by atoms with van der Waals surface area (Å²) in [5, 5.41) is 0.0444. The summed E-state index contributed by atoms with van der Waals surface area (Å²) in [6.45, 7) is 8.25. The molecule has 0 N–H and O–H groups in total. The molecule has 7 rings (SSSR count). The van der Waals surface area contributed by atoms with Crippen LogP contribution in [0.5, 0.6) is 0 Å². The quantitative estimate of drug-likeness (QED) is 0.141. The van der Waals surface area contributed by atoms with Crippen LogP contribution in [0.15, 0.2) is 75.9 Å². The Balaban J connectivity index is 1.27. The van der Waals surface area contributed by atoms with Crippen molar-refractivity contribution in [1.82, 2.24) is 19.4 Å². The maximum atomic E-state index is 15.5. The van der Waals surface area contributed by atoms with E-state index in [4.69, 9.17) is 9.47 Å². The minimum atomic E-state index is -4.97. The van der Waals surface area contributed by atoms with Crippen molar-refractivity contribution in [3.8, 4) is 11.1 Å². The van der Waals surface area contributed by atoms with Gasteiger partial charge in [-0.25, -0.2) is 23.2 Å². The summed E-state index contributed by atoms with van der Waals surface area (Å²) in [6.07, 6.45) is -3.24. The summed E-state index contributed by atoms with van der Waals surface area (Å²) in [6, 6.07) is 11.6. The highest BCUT2D eigenvalue weighted by atomic mass is 32.2. The first kappa shape index (κ1) is 40.1. The second-order valence-corrected chi connectivity index (χ2v) is 16.5. The van der Waals surface area contributed by atoms with Crippen molar-refractivity contribution in [3.63, 3.8) is 0 Å². The Morgan fingerprint density at radius 3 is 2.37 bits per heavy atom. The van der Waals surface area contributed by atoms with E-state index in [1.54, 1.807) is 37.5 Å². The Kier molecular flexibility index (Phi) is 11.0. The van der Waals surface area contributed by atoms with Gasteiger partial charge in [0, 0.05) is 72.0 Å². The van der Waals surface area contributed by atoms with Gasteiger partial charge in [0.15, 0.2) is 0 Å². The van der Waals surface area contributed by atoms with Gasteiger partial charge in [0.05, 0.1) is 17.1 Å². The van der Waals surface area contributed by atoms with Crippen LogP contribution < -0.4 is 10.6 Å². The van der Waals surface area contributed by atoms with Gasteiger partial charge in [-0.3, -0.25) is 4.57 Å². The Hall–Kier alpha value is -5.12. The number of rotatable bonds is 6. The average Bonchev–Trinajstić information content (AvgIpc) is 3.15. The molecule has 10 nitrogen and oxygen atoms in total. The van der Waals surface area contributed by atoms with Crippen LogP contribution >= 0.6 is 11.8 Å². The van der Waals surface area contributed by atoms with Crippen LogP contribution in [0.1, 0.15) is 57.7 Å². The monoisotopic (exact) mass is 811 g/mol. The smallest absolute Gasteiger partial charge is 0.417 e. The average molecular weight is 812 g/mol. The lowest BCUT2D eigenvalue weighted by atomic mass is 9.94. The van der Waals surface area contributed by atoms with E-state index >= 15 is 17.6 Å². The molecule has 0 saturated carbocycles. The number of thioether (sulfide) groups is 1. The molecule has 4 aromatic rings. The number of nitrogens with zero attached hydrogens (tertiary/aromatic N) is 5. The van der Waals surface area contributed by atoms with Gasteiger partial charge in [0.25, 0.3) is 0 Å². The van der Waals surface area contributed by atoms with Crippen molar-refractivity contribution in [1.29, 1.82) is 0 Å². The van der Waals surface area contributed by atoms with Crippen molar-refractivity contribution in [2.24, 2.45) is 0 Å². The molecular formula is C41H42F5N5O5S. The van der Waals surface area contributed by atoms with Crippen LogP contribution in [0.3, 0.4) is 0 Å².